The standard InChI is InChI=1S/C18H12FN5O/c19-14-5-1-4-13(9-14)18(25)21-15-6-2-3-12(10-15)16-7-8-17-22-20-11-24(17)23-16/h1-11H,(H,21,25). The van der Waals surface area contributed by atoms with Gasteiger partial charge in [-0.25, -0.2) is 4.39 Å². The van der Waals surface area contributed by atoms with Crippen molar-refractivity contribution in [3.05, 3.63) is 78.4 Å². The molecule has 4 rings (SSSR count). The van der Waals surface area contributed by atoms with Gasteiger partial charge < -0.3 is 5.32 Å². The Morgan fingerprint density at radius 3 is 2.80 bits per heavy atom. The van der Waals surface area contributed by atoms with Crippen molar-refractivity contribution in [2.24, 2.45) is 0 Å². The molecule has 0 atom stereocenters. The lowest BCUT2D eigenvalue weighted by Gasteiger charge is -2.08. The summed E-state index contributed by atoms with van der Waals surface area (Å²) in [6.45, 7) is 0. The van der Waals surface area contributed by atoms with Crippen LogP contribution in [0.3, 0.4) is 0 Å². The average Bonchev–Trinajstić information content (AvgIpc) is 3.09. The number of anilines is 1. The largest absolute Gasteiger partial charge is 0.322 e. The summed E-state index contributed by atoms with van der Waals surface area (Å²) in [5, 5.41) is 14.9. The van der Waals surface area contributed by atoms with E-state index in [1.807, 2.05) is 24.3 Å². The van der Waals surface area contributed by atoms with Crippen molar-refractivity contribution >= 4 is 17.2 Å². The summed E-state index contributed by atoms with van der Waals surface area (Å²) in [5.74, 6) is -0.827. The number of amides is 1. The molecule has 2 aromatic heterocycles. The zero-order valence-corrected chi connectivity index (χ0v) is 12.9. The van der Waals surface area contributed by atoms with Gasteiger partial charge in [0.05, 0.1) is 5.69 Å². The molecule has 0 aliphatic carbocycles. The Balaban J connectivity index is 1.61. The summed E-state index contributed by atoms with van der Waals surface area (Å²) in [5.41, 5.74) is 3.05. The van der Waals surface area contributed by atoms with E-state index in [1.165, 1.54) is 24.5 Å². The highest BCUT2D eigenvalue weighted by molar-refractivity contribution is 6.04. The first-order valence-electron chi connectivity index (χ1n) is 7.53. The van der Waals surface area contributed by atoms with Crippen molar-refractivity contribution in [2.75, 3.05) is 5.32 Å². The first kappa shape index (κ1) is 14.9. The first-order valence-corrected chi connectivity index (χ1v) is 7.53. The summed E-state index contributed by atoms with van der Waals surface area (Å²) in [6, 6.07) is 16.5. The molecular formula is C18H12FN5O. The molecule has 0 aliphatic heterocycles. The molecule has 0 saturated heterocycles. The van der Waals surface area contributed by atoms with Crippen molar-refractivity contribution in [1.29, 1.82) is 0 Å². The number of nitrogens with one attached hydrogen (secondary N) is 1. The molecule has 4 aromatic rings. The Morgan fingerprint density at radius 2 is 1.92 bits per heavy atom. The van der Waals surface area contributed by atoms with Gasteiger partial charge in [0.1, 0.15) is 12.1 Å². The molecule has 0 saturated carbocycles. The molecule has 0 unspecified atom stereocenters. The van der Waals surface area contributed by atoms with E-state index in [-0.39, 0.29) is 11.5 Å². The molecule has 7 heteroatoms. The van der Waals surface area contributed by atoms with Crippen molar-refractivity contribution < 1.29 is 9.18 Å². The number of rotatable bonds is 3. The molecule has 25 heavy (non-hydrogen) atoms. The normalized spacial score (nSPS) is 10.8. The highest BCUT2D eigenvalue weighted by Gasteiger charge is 2.08. The number of aromatic nitrogens is 4. The Labute approximate surface area is 142 Å². The van der Waals surface area contributed by atoms with Gasteiger partial charge in [0.25, 0.3) is 5.91 Å². The third-order valence-electron chi connectivity index (χ3n) is 3.66. The zero-order chi connectivity index (χ0) is 17.2. The minimum atomic E-state index is -0.451. The summed E-state index contributed by atoms with van der Waals surface area (Å²) in [6.07, 6.45) is 1.52. The molecule has 0 aliphatic rings. The van der Waals surface area contributed by atoms with Gasteiger partial charge >= 0.3 is 0 Å². The molecule has 0 radical (unpaired) electrons. The number of nitrogens with zero attached hydrogens (tertiary/aromatic N) is 4. The summed E-state index contributed by atoms with van der Waals surface area (Å²) < 4.78 is 14.8. The van der Waals surface area contributed by atoms with E-state index in [0.717, 1.165) is 5.56 Å². The topological polar surface area (TPSA) is 72.2 Å². The van der Waals surface area contributed by atoms with Crippen molar-refractivity contribution in [2.45, 2.75) is 0 Å². The summed E-state index contributed by atoms with van der Waals surface area (Å²) in [4.78, 5) is 12.2. The van der Waals surface area contributed by atoms with Crippen LogP contribution in [0.1, 0.15) is 10.4 Å². The molecule has 2 aromatic carbocycles. The number of hydrogen-bond acceptors (Lipinski definition) is 4. The van der Waals surface area contributed by atoms with E-state index in [4.69, 9.17) is 0 Å². The SMILES string of the molecule is O=C(Nc1cccc(-c2ccc3nncn3n2)c1)c1cccc(F)c1. The van der Waals surface area contributed by atoms with E-state index >= 15 is 0 Å². The van der Waals surface area contributed by atoms with Gasteiger partial charge in [-0.05, 0) is 42.5 Å². The fraction of sp³-hybridized carbons (Fsp3) is 0. The average molecular weight is 333 g/mol. The van der Waals surface area contributed by atoms with Crippen LogP contribution in [-0.2, 0) is 0 Å². The van der Waals surface area contributed by atoms with Gasteiger partial charge in [-0.3, -0.25) is 4.79 Å². The van der Waals surface area contributed by atoms with Crippen LogP contribution in [0.2, 0.25) is 0 Å². The van der Waals surface area contributed by atoms with Crippen LogP contribution in [0.5, 0.6) is 0 Å². The van der Waals surface area contributed by atoms with Crippen LogP contribution in [0, 0.1) is 5.82 Å². The van der Waals surface area contributed by atoms with Gasteiger partial charge in [0, 0.05) is 16.8 Å². The first-order chi connectivity index (χ1) is 12.2. The predicted octanol–water partition coefficient (Wildman–Crippen LogP) is 3.18. The lowest BCUT2D eigenvalue weighted by molar-refractivity contribution is 0.102. The fourth-order valence-electron chi connectivity index (χ4n) is 2.47. The van der Waals surface area contributed by atoms with E-state index in [2.05, 4.69) is 20.6 Å². The Bertz CT molecular complexity index is 1080. The van der Waals surface area contributed by atoms with Crippen LogP contribution < -0.4 is 5.32 Å². The zero-order valence-electron chi connectivity index (χ0n) is 12.9. The molecule has 0 fully saturated rings. The van der Waals surface area contributed by atoms with Gasteiger partial charge in [-0.2, -0.15) is 9.61 Å². The number of fused-ring (bicyclic) bond motifs is 1. The van der Waals surface area contributed by atoms with Gasteiger partial charge in [-0.1, -0.05) is 18.2 Å². The summed E-state index contributed by atoms with van der Waals surface area (Å²) in [7, 11) is 0. The molecule has 1 amide bonds. The molecule has 6 nitrogen and oxygen atoms in total. The van der Waals surface area contributed by atoms with Crippen molar-refractivity contribution in [3.8, 4) is 11.3 Å². The number of benzene rings is 2. The maximum absolute atomic E-state index is 13.3. The second-order valence-corrected chi connectivity index (χ2v) is 5.40. The molecule has 0 bridgehead atoms. The molecule has 2 heterocycles. The number of carbonyl (C=O) groups is 1. The third kappa shape index (κ3) is 3.07. The predicted molar refractivity (Wildman–Crippen MR) is 90.6 cm³/mol. The molecule has 1 N–H and O–H groups in total. The maximum atomic E-state index is 13.3. The van der Waals surface area contributed by atoms with Crippen LogP contribution in [-0.4, -0.2) is 25.7 Å². The smallest absolute Gasteiger partial charge is 0.255 e. The van der Waals surface area contributed by atoms with E-state index < -0.39 is 5.82 Å². The van der Waals surface area contributed by atoms with Gasteiger partial charge in [0.2, 0.25) is 0 Å². The Morgan fingerprint density at radius 1 is 1.04 bits per heavy atom. The highest BCUT2D eigenvalue weighted by Crippen LogP contribution is 2.21. The monoisotopic (exact) mass is 333 g/mol. The van der Waals surface area contributed by atoms with Crippen LogP contribution in [0.15, 0.2) is 67.0 Å². The fourth-order valence-corrected chi connectivity index (χ4v) is 2.47. The second kappa shape index (κ2) is 6.12. The number of hydrogen-bond donors (Lipinski definition) is 1. The molecular weight excluding hydrogens is 321 g/mol. The van der Waals surface area contributed by atoms with Crippen LogP contribution in [0.25, 0.3) is 16.9 Å². The lowest BCUT2D eigenvalue weighted by Crippen LogP contribution is -2.12. The summed E-state index contributed by atoms with van der Waals surface area (Å²) >= 11 is 0. The van der Waals surface area contributed by atoms with E-state index in [1.54, 1.807) is 22.7 Å². The van der Waals surface area contributed by atoms with E-state index in [9.17, 15) is 9.18 Å². The van der Waals surface area contributed by atoms with Crippen LogP contribution >= 0.6 is 0 Å². The van der Waals surface area contributed by atoms with Gasteiger partial charge in [-0.15, -0.1) is 10.2 Å². The van der Waals surface area contributed by atoms with Gasteiger partial charge in [0.15, 0.2) is 5.65 Å². The quantitative estimate of drug-likeness (QED) is 0.625. The minimum absolute atomic E-state index is 0.259. The second-order valence-electron chi connectivity index (χ2n) is 5.40. The van der Waals surface area contributed by atoms with E-state index in [0.29, 0.717) is 17.0 Å². The maximum Gasteiger partial charge on any atom is 0.255 e. The Hall–Kier alpha value is -3.61. The van der Waals surface area contributed by atoms with Crippen molar-refractivity contribution in [3.63, 3.8) is 0 Å². The number of halogens is 1. The Kier molecular flexibility index (Phi) is 3.66. The number of carbonyl (C=O) groups excluding carboxylic acids is 1. The van der Waals surface area contributed by atoms with Crippen LogP contribution in [0.4, 0.5) is 10.1 Å². The third-order valence-corrected chi connectivity index (χ3v) is 3.66. The lowest BCUT2D eigenvalue weighted by atomic mass is 10.1. The highest BCUT2D eigenvalue weighted by atomic mass is 19.1. The molecule has 0 spiro atoms. The molecule has 122 valence electrons. The minimum Gasteiger partial charge on any atom is -0.322 e. The van der Waals surface area contributed by atoms with Crippen molar-refractivity contribution in [1.82, 2.24) is 19.8 Å².